The SMILES string of the molecule is C1CCCCC1.CC.N#Cc1cc(F)c(N)nc1-c1c[nH]c2ncc(F)cc12.NC(=O)N1CCOCC1. The fourth-order valence-corrected chi connectivity index (χ4v) is 3.81. The summed E-state index contributed by atoms with van der Waals surface area (Å²) in [5, 5.41) is 9.51. The number of carbonyl (C=O) groups excluding carboxylic acids is 1. The molecule has 3 aromatic rings. The van der Waals surface area contributed by atoms with Crippen molar-refractivity contribution in [3.8, 4) is 17.3 Å². The van der Waals surface area contributed by atoms with E-state index >= 15 is 0 Å². The molecule has 0 aromatic carbocycles. The van der Waals surface area contributed by atoms with Gasteiger partial charge in [0.1, 0.15) is 17.5 Å². The predicted molar refractivity (Wildman–Crippen MR) is 139 cm³/mol. The van der Waals surface area contributed by atoms with Crippen LogP contribution in [0.5, 0.6) is 0 Å². The quantitative estimate of drug-likeness (QED) is 0.410. The summed E-state index contributed by atoms with van der Waals surface area (Å²) in [7, 11) is 0. The fraction of sp³-hybridized carbons (Fsp3) is 0.462. The number of amides is 2. The molecule has 200 valence electrons. The van der Waals surface area contributed by atoms with Gasteiger partial charge in [-0.25, -0.2) is 23.5 Å². The fourth-order valence-electron chi connectivity index (χ4n) is 3.81. The molecule has 1 aliphatic carbocycles. The normalized spacial score (nSPS) is 14.6. The lowest BCUT2D eigenvalue weighted by Gasteiger charge is -2.24. The van der Waals surface area contributed by atoms with Gasteiger partial charge in [-0.15, -0.1) is 0 Å². The number of nitrogens with one attached hydrogen (secondary N) is 1. The molecule has 2 aliphatic rings. The van der Waals surface area contributed by atoms with E-state index < -0.39 is 11.6 Å². The highest BCUT2D eigenvalue weighted by Crippen LogP contribution is 2.30. The van der Waals surface area contributed by atoms with Crippen molar-refractivity contribution in [2.45, 2.75) is 52.4 Å². The van der Waals surface area contributed by atoms with E-state index in [1.54, 1.807) is 4.90 Å². The molecule has 9 nitrogen and oxygen atoms in total. The number of carbonyl (C=O) groups is 1. The standard InChI is InChI=1S/C13H7F2N5.C6H12.C5H10N2O2.C2H6/c14-7-2-8-9(5-19-13(8)18-4-7)11-6(3-16)1-10(15)12(17)20-11;1-2-4-6-5-3-1;6-5(8)7-1-3-9-4-2-7;1-2/h1-2,4-5H,(H2,17,20)(H,18,19);1-6H2;1-4H2,(H2,6,8);1-2H3. The highest BCUT2D eigenvalue weighted by atomic mass is 19.1. The Balaban J connectivity index is 0.000000233. The van der Waals surface area contributed by atoms with Crippen molar-refractivity contribution >= 4 is 22.9 Å². The van der Waals surface area contributed by atoms with Crippen LogP contribution in [-0.4, -0.2) is 52.2 Å². The second kappa shape index (κ2) is 15.4. The highest BCUT2D eigenvalue weighted by molar-refractivity contribution is 5.94. The van der Waals surface area contributed by atoms with Crippen molar-refractivity contribution in [1.82, 2.24) is 19.9 Å². The number of pyridine rings is 2. The molecule has 0 unspecified atom stereocenters. The lowest BCUT2D eigenvalue weighted by Crippen LogP contribution is -2.43. The topological polar surface area (TPSA) is 147 Å². The van der Waals surface area contributed by atoms with Crippen molar-refractivity contribution in [1.29, 1.82) is 5.26 Å². The van der Waals surface area contributed by atoms with Crippen LogP contribution in [0.4, 0.5) is 19.4 Å². The Morgan fingerprint density at radius 2 is 1.70 bits per heavy atom. The molecule has 3 aromatic heterocycles. The summed E-state index contributed by atoms with van der Waals surface area (Å²) in [6.07, 6.45) is 11.6. The summed E-state index contributed by atoms with van der Waals surface area (Å²) < 4.78 is 31.6. The number of nitrogens with zero attached hydrogens (tertiary/aromatic N) is 4. The predicted octanol–water partition coefficient (Wildman–Crippen LogP) is 5.12. The van der Waals surface area contributed by atoms with Crippen LogP contribution in [0.15, 0.2) is 24.5 Å². The first-order valence-corrected chi connectivity index (χ1v) is 12.5. The van der Waals surface area contributed by atoms with Crippen molar-refractivity contribution in [3.63, 3.8) is 0 Å². The number of nitriles is 1. The summed E-state index contributed by atoms with van der Waals surface area (Å²) in [6, 6.07) is 3.76. The van der Waals surface area contributed by atoms with Gasteiger partial charge in [-0.3, -0.25) is 0 Å². The van der Waals surface area contributed by atoms with Gasteiger partial charge in [-0.05, 0) is 12.1 Å². The maximum Gasteiger partial charge on any atom is 0.314 e. The van der Waals surface area contributed by atoms with E-state index in [2.05, 4.69) is 15.0 Å². The Morgan fingerprint density at radius 3 is 2.22 bits per heavy atom. The number of fused-ring (bicyclic) bond motifs is 1. The number of nitrogens with two attached hydrogens (primary N) is 2. The van der Waals surface area contributed by atoms with Gasteiger partial charge in [0.05, 0.1) is 30.7 Å². The highest BCUT2D eigenvalue weighted by Gasteiger charge is 2.16. The van der Waals surface area contributed by atoms with Gasteiger partial charge in [0.25, 0.3) is 0 Å². The van der Waals surface area contributed by atoms with Crippen LogP contribution in [0.3, 0.4) is 0 Å². The minimum atomic E-state index is -0.769. The maximum atomic E-state index is 13.3. The summed E-state index contributed by atoms with van der Waals surface area (Å²) >= 11 is 0. The number of anilines is 1. The molecule has 1 saturated carbocycles. The van der Waals surface area contributed by atoms with E-state index in [4.69, 9.17) is 21.5 Å². The van der Waals surface area contributed by atoms with Crippen molar-refractivity contribution < 1.29 is 18.3 Å². The molecule has 1 saturated heterocycles. The zero-order valence-corrected chi connectivity index (χ0v) is 21.4. The minimum Gasteiger partial charge on any atom is -0.381 e. The number of hydrogen-bond acceptors (Lipinski definition) is 6. The van der Waals surface area contributed by atoms with E-state index in [0.717, 1.165) is 12.3 Å². The van der Waals surface area contributed by atoms with Gasteiger partial charge in [0.15, 0.2) is 11.6 Å². The van der Waals surface area contributed by atoms with Crippen LogP contribution < -0.4 is 11.5 Å². The summed E-state index contributed by atoms with van der Waals surface area (Å²) in [6.45, 7) is 6.50. The summed E-state index contributed by atoms with van der Waals surface area (Å²) in [4.78, 5) is 22.6. The molecular formula is C26H35F2N7O2. The van der Waals surface area contributed by atoms with Crippen LogP contribution in [0.2, 0.25) is 0 Å². The smallest absolute Gasteiger partial charge is 0.314 e. The van der Waals surface area contributed by atoms with Crippen LogP contribution in [-0.2, 0) is 4.74 Å². The van der Waals surface area contributed by atoms with Gasteiger partial charge in [-0.1, -0.05) is 52.4 Å². The summed E-state index contributed by atoms with van der Waals surface area (Å²) in [5.74, 6) is -1.61. The molecule has 5 rings (SSSR count). The third kappa shape index (κ3) is 8.68. The first kappa shape index (κ1) is 29.5. The molecule has 0 spiro atoms. The van der Waals surface area contributed by atoms with Crippen LogP contribution in [0, 0.1) is 23.0 Å². The van der Waals surface area contributed by atoms with E-state index in [-0.39, 0.29) is 23.1 Å². The number of hydrogen-bond donors (Lipinski definition) is 3. The molecule has 0 atom stereocenters. The average Bonchev–Trinajstić information content (AvgIpc) is 3.36. The Bertz CT molecular complexity index is 1170. The van der Waals surface area contributed by atoms with Gasteiger partial charge in [0.2, 0.25) is 0 Å². The molecule has 37 heavy (non-hydrogen) atoms. The number of morpholine rings is 1. The first-order valence-electron chi connectivity index (χ1n) is 12.5. The minimum absolute atomic E-state index is 0.0156. The molecular weight excluding hydrogens is 480 g/mol. The largest absolute Gasteiger partial charge is 0.381 e. The lowest BCUT2D eigenvalue weighted by atomic mass is 10.0. The zero-order valence-electron chi connectivity index (χ0n) is 21.4. The van der Waals surface area contributed by atoms with E-state index in [1.165, 1.54) is 50.8 Å². The zero-order chi connectivity index (χ0) is 27.2. The monoisotopic (exact) mass is 515 g/mol. The molecule has 0 bridgehead atoms. The number of nitrogen functional groups attached to an aromatic ring is 1. The third-order valence-corrected chi connectivity index (χ3v) is 5.70. The lowest BCUT2D eigenvalue weighted by molar-refractivity contribution is 0.0554. The van der Waals surface area contributed by atoms with E-state index in [1.807, 2.05) is 19.9 Å². The van der Waals surface area contributed by atoms with Gasteiger partial charge in [-0.2, -0.15) is 5.26 Å². The van der Waals surface area contributed by atoms with Gasteiger partial charge in [0, 0.05) is 30.2 Å². The van der Waals surface area contributed by atoms with Gasteiger partial charge >= 0.3 is 6.03 Å². The number of rotatable bonds is 1. The molecule has 0 radical (unpaired) electrons. The molecule has 11 heteroatoms. The van der Waals surface area contributed by atoms with Crippen LogP contribution in [0.1, 0.15) is 57.9 Å². The number of halogens is 2. The Kier molecular flexibility index (Phi) is 12.2. The average molecular weight is 516 g/mol. The van der Waals surface area contributed by atoms with Crippen LogP contribution in [0.25, 0.3) is 22.3 Å². The number of H-pyrrole nitrogens is 1. The third-order valence-electron chi connectivity index (χ3n) is 5.70. The second-order valence-electron chi connectivity index (χ2n) is 8.17. The van der Waals surface area contributed by atoms with E-state index in [0.29, 0.717) is 42.9 Å². The second-order valence-corrected chi connectivity index (χ2v) is 8.17. The van der Waals surface area contributed by atoms with Crippen molar-refractivity contribution in [2.75, 3.05) is 32.0 Å². The Hall–Kier alpha value is -3.78. The van der Waals surface area contributed by atoms with Crippen molar-refractivity contribution in [3.05, 3.63) is 41.7 Å². The molecule has 2 fully saturated rings. The number of primary amides is 1. The molecule has 1 aliphatic heterocycles. The molecule has 2 amide bonds. The number of aromatic amines is 1. The number of aromatic nitrogens is 3. The maximum absolute atomic E-state index is 13.3. The Morgan fingerprint density at radius 1 is 1.11 bits per heavy atom. The summed E-state index contributed by atoms with van der Waals surface area (Å²) in [5.41, 5.74) is 11.5. The Labute approximate surface area is 215 Å². The number of ether oxygens (including phenoxy) is 1. The molecule has 5 N–H and O–H groups in total. The van der Waals surface area contributed by atoms with Crippen LogP contribution >= 0.6 is 0 Å². The first-order chi connectivity index (χ1) is 17.9. The van der Waals surface area contributed by atoms with Gasteiger partial charge < -0.3 is 26.1 Å². The molecule has 4 heterocycles. The number of urea groups is 1. The van der Waals surface area contributed by atoms with Crippen molar-refractivity contribution in [2.24, 2.45) is 5.73 Å². The van der Waals surface area contributed by atoms with E-state index in [9.17, 15) is 13.6 Å².